The average molecular weight is 384 g/mol. The minimum absolute atomic E-state index is 0.0220. The van der Waals surface area contributed by atoms with Crippen molar-refractivity contribution in [2.75, 3.05) is 39.2 Å². The summed E-state index contributed by atoms with van der Waals surface area (Å²) in [4.78, 5) is 23.1. The Morgan fingerprint density at radius 3 is 2.43 bits per heavy atom. The van der Waals surface area contributed by atoms with Gasteiger partial charge in [-0.2, -0.15) is 0 Å². The Bertz CT molecular complexity index is 772. The molecule has 0 atom stereocenters. The van der Waals surface area contributed by atoms with E-state index in [0.717, 1.165) is 49.4 Å². The molecule has 1 aliphatic rings. The normalized spacial score (nSPS) is 14.3. The second-order valence-corrected chi connectivity index (χ2v) is 6.86. The van der Waals surface area contributed by atoms with Crippen LogP contribution in [0.5, 0.6) is 11.5 Å². The van der Waals surface area contributed by atoms with Gasteiger partial charge < -0.3 is 19.7 Å². The van der Waals surface area contributed by atoms with Gasteiger partial charge in [0.1, 0.15) is 11.5 Å². The zero-order valence-corrected chi connectivity index (χ0v) is 16.6. The molecule has 2 heterocycles. The Morgan fingerprint density at radius 1 is 1.04 bits per heavy atom. The molecule has 1 aromatic heterocycles. The maximum Gasteiger partial charge on any atom is 0.274 e. The predicted molar refractivity (Wildman–Crippen MR) is 108 cm³/mol. The number of methoxy groups -OCH3 is 2. The summed E-state index contributed by atoms with van der Waals surface area (Å²) in [7, 11) is 3.25. The largest absolute Gasteiger partial charge is 0.493 e. The molecule has 150 valence electrons. The van der Waals surface area contributed by atoms with Gasteiger partial charge in [-0.05, 0) is 37.0 Å². The van der Waals surface area contributed by atoms with Gasteiger partial charge >= 0.3 is 0 Å². The fourth-order valence-corrected chi connectivity index (χ4v) is 3.34. The highest BCUT2D eigenvalue weighted by molar-refractivity contribution is 5.92. The number of benzene rings is 1. The molecule has 1 amide bonds. The Morgan fingerprint density at radius 2 is 1.79 bits per heavy atom. The van der Waals surface area contributed by atoms with Crippen LogP contribution in [0.15, 0.2) is 30.6 Å². The maximum absolute atomic E-state index is 12.6. The minimum atomic E-state index is -0.0220. The van der Waals surface area contributed by atoms with Crippen LogP contribution >= 0.6 is 0 Å². The summed E-state index contributed by atoms with van der Waals surface area (Å²) in [6, 6.07) is 5.88. The third-order valence-electron chi connectivity index (χ3n) is 4.93. The lowest BCUT2D eigenvalue weighted by atomic mass is 10.1. The lowest BCUT2D eigenvalue weighted by Crippen LogP contribution is -2.32. The van der Waals surface area contributed by atoms with Crippen LogP contribution in [0.2, 0.25) is 0 Å². The topological polar surface area (TPSA) is 76.6 Å². The number of aromatic nitrogens is 2. The van der Waals surface area contributed by atoms with Gasteiger partial charge in [0.2, 0.25) is 0 Å². The Balaban J connectivity index is 1.52. The van der Waals surface area contributed by atoms with E-state index in [0.29, 0.717) is 18.1 Å². The summed E-state index contributed by atoms with van der Waals surface area (Å²) < 4.78 is 10.6. The first-order valence-electron chi connectivity index (χ1n) is 9.77. The summed E-state index contributed by atoms with van der Waals surface area (Å²) in [6.45, 7) is 2.32. The molecule has 1 N–H and O–H groups in total. The summed E-state index contributed by atoms with van der Waals surface area (Å²) in [6.07, 6.45) is 8.50. The van der Waals surface area contributed by atoms with Crippen LogP contribution in [-0.2, 0) is 6.42 Å². The lowest BCUT2D eigenvalue weighted by Gasteiger charge is -2.19. The molecule has 1 aromatic carbocycles. The third-order valence-corrected chi connectivity index (χ3v) is 4.93. The minimum Gasteiger partial charge on any atom is -0.493 e. The van der Waals surface area contributed by atoms with E-state index >= 15 is 0 Å². The number of hydrogen-bond acceptors (Lipinski definition) is 6. The summed E-state index contributed by atoms with van der Waals surface area (Å²) in [5, 5.41) is 3.24. The Hall–Kier alpha value is -2.83. The number of amides is 1. The first-order chi connectivity index (χ1) is 13.7. The van der Waals surface area contributed by atoms with Crippen molar-refractivity contribution >= 4 is 11.7 Å². The van der Waals surface area contributed by atoms with Crippen molar-refractivity contribution in [2.45, 2.75) is 32.1 Å². The molecule has 0 spiro atoms. The molecular weight excluding hydrogens is 356 g/mol. The van der Waals surface area contributed by atoms with Crippen LogP contribution in [0.1, 0.15) is 41.7 Å². The zero-order valence-electron chi connectivity index (χ0n) is 16.6. The van der Waals surface area contributed by atoms with E-state index in [1.165, 1.54) is 12.8 Å². The van der Waals surface area contributed by atoms with Gasteiger partial charge in [0, 0.05) is 19.6 Å². The van der Waals surface area contributed by atoms with Crippen LogP contribution in [0.25, 0.3) is 0 Å². The van der Waals surface area contributed by atoms with E-state index < -0.39 is 0 Å². The van der Waals surface area contributed by atoms with E-state index in [-0.39, 0.29) is 5.91 Å². The first-order valence-corrected chi connectivity index (χ1v) is 9.77. The number of anilines is 1. The highest BCUT2D eigenvalue weighted by Crippen LogP contribution is 2.27. The zero-order chi connectivity index (χ0) is 19.8. The summed E-state index contributed by atoms with van der Waals surface area (Å²) in [5.41, 5.74) is 1.54. The molecule has 1 saturated heterocycles. The van der Waals surface area contributed by atoms with Crippen LogP contribution in [-0.4, -0.2) is 54.6 Å². The number of ether oxygens (including phenoxy) is 2. The first kappa shape index (κ1) is 19.9. The van der Waals surface area contributed by atoms with Gasteiger partial charge in [0.25, 0.3) is 5.91 Å². The fraction of sp³-hybridized carbons (Fsp3) is 0.476. The number of nitrogens with one attached hydrogen (secondary N) is 1. The van der Waals surface area contributed by atoms with Crippen LogP contribution < -0.4 is 14.8 Å². The van der Waals surface area contributed by atoms with Crippen molar-refractivity contribution in [1.82, 2.24) is 14.9 Å². The molecule has 1 aliphatic heterocycles. The van der Waals surface area contributed by atoms with Gasteiger partial charge in [-0.25, -0.2) is 9.97 Å². The molecule has 2 aromatic rings. The molecule has 7 nitrogen and oxygen atoms in total. The number of rotatable bonds is 7. The van der Waals surface area contributed by atoms with Crippen molar-refractivity contribution in [3.8, 4) is 11.5 Å². The molecule has 7 heteroatoms. The van der Waals surface area contributed by atoms with E-state index in [4.69, 9.17) is 9.47 Å². The predicted octanol–water partition coefficient (Wildman–Crippen LogP) is 3.16. The average Bonchev–Trinajstić information content (AvgIpc) is 3.03. The monoisotopic (exact) mass is 384 g/mol. The number of nitrogens with zero attached hydrogens (tertiary/aromatic N) is 3. The van der Waals surface area contributed by atoms with Crippen LogP contribution in [0.4, 0.5) is 5.82 Å². The van der Waals surface area contributed by atoms with Gasteiger partial charge in [-0.3, -0.25) is 4.79 Å². The fourth-order valence-electron chi connectivity index (χ4n) is 3.34. The van der Waals surface area contributed by atoms with Crippen LogP contribution in [0.3, 0.4) is 0 Å². The molecule has 3 rings (SSSR count). The smallest absolute Gasteiger partial charge is 0.274 e. The van der Waals surface area contributed by atoms with Gasteiger partial charge in [0.05, 0.1) is 26.6 Å². The third kappa shape index (κ3) is 5.12. The van der Waals surface area contributed by atoms with E-state index in [1.54, 1.807) is 26.6 Å². The second-order valence-electron chi connectivity index (χ2n) is 6.86. The number of carbonyl (C=O) groups excluding carboxylic acids is 1. The van der Waals surface area contributed by atoms with Crippen molar-refractivity contribution in [2.24, 2.45) is 0 Å². The van der Waals surface area contributed by atoms with Crippen LogP contribution in [0, 0.1) is 0 Å². The van der Waals surface area contributed by atoms with E-state index in [1.807, 2.05) is 23.1 Å². The van der Waals surface area contributed by atoms with Crippen molar-refractivity contribution in [1.29, 1.82) is 0 Å². The summed E-state index contributed by atoms with van der Waals surface area (Å²) >= 11 is 0. The van der Waals surface area contributed by atoms with Gasteiger partial charge in [0.15, 0.2) is 11.5 Å². The molecular formula is C21H28N4O3. The number of hydrogen-bond donors (Lipinski definition) is 1. The van der Waals surface area contributed by atoms with E-state index in [9.17, 15) is 4.79 Å². The van der Waals surface area contributed by atoms with Crippen molar-refractivity contribution < 1.29 is 14.3 Å². The van der Waals surface area contributed by atoms with Gasteiger partial charge in [-0.1, -0.05) is 18.9 Å². The quantitative estimate of drug-likeness (QED) is 0.790. The molecule has 0 unspecified atom stereocenters. The highest BCUT2D eigenvalue weighted by atomic mass is 16.5. The SMILES string of the molecule is COc1ccc(CCNc2cnc(C(=O)N3CCCCCC3)cn2)cc1OC. The second kappa shape index (κ2) is 9.92. The lowest BCUT2D eigenvalue weighted by molar-refractivity contribution is 0.0755. The standard InChI is InChI=1S/C21H28N4O3/c1-27-18-8-7-16(13-19(18)28-2)9-10-22-20-15-23-17(14-24-20)21(26)25-11-5-3-4-6-12-25/h7-8,13-15H,3-6,9-12H2,1-2H3,(H,22,24). The molecule has 28 heavy (non-hydrogen) atoms. The Labute approximate surface area is 166 Å². The molecule has 0 radical (unpaired) electrons. The highest BCUT2D eigenvalue weighted by Gasteiger charge is 2.18. The molecule has 1 fully saturated rings. The number of carbonyl (C=O) groups is 1. The summed E-state index contributed by atoms with van der Waals surface area (Å²) in [5.74, 6) is 2.07. The number of likely N-dealkylation sites (tertiary alicyclic amines) is 1. The Kier molecular flexibility index (Phi) is 7.06. The van der Waals surface area contributed by atoms with E-state index in [2.05, 4.69) is 15.3 Å². The van der Waals surface area contributed by atoms with Crippen molar-refractivity contribution in [3.05, 3.63) is 41.9 Å². The maximum atomic E-state index is 12.6. The molecule has 0 saturated carbocycles. The van der Waals surface area contributed by atoms with Gasteiger partial charge in [-0.15, -0.1) is 0 Å². The van der Waals surface area contributed by atoms with Crippen molar-refractivity contribution in [3.63, 3.8) is 0 Å². The molecule has 0 aliphatic carbocycles. The molecule has 0 bridgehead atoms.